The number of benzene rings is 9. The second kappa shape index (κ2) is 10.2. The van der Waals surface area contributed by atoms with Gasteiger partial charge in [0.1, 0.15) is 11.2 Å². The topological polar surface area (TPSA) is 13.1 Å². The number of fused-ring (bicyclic) bond motifs is 8. The normalized spacial score (nSPS) is 13.6. The van der Waals surface area contributed by atoms with E-state index in [4.69, 9.17) is 12.6 Å². The average molecular weight is 603 g/mol. The first-order valence-corrected chi connectivity index (χ1v) is 15.7. The molecule has 0 saturated carbocycles. The van der Waals surface area contributed by atoms with Crippen LogP contribution in [0.4, 0.5) is 0 Å². The molecule has 47 heavy (non-hydrogen) atoms. The van der Waals surface area contributed by atoms with E-state index in [1.807, 2.05) is 30.3 Å². The monoisotopic (exact) mass is 602 g/mol. The molecule has 1 heteroatoms. The minimum Gasteiger partial charge on any atom is -0.455 e. The highest BCUT2D eigenvalue weighted by molar-refractivity contribution is 6.24. The van der Waals surface area contributed by atoms with E-state index < -0.39 is 12.1 Å². The second-order valence-corrected chi connectivity index (χ2v) is 11.9. The molecular formula is C46H28O. The molecule has 218 valence electrons. The van der Waals surface area contributed by atoms with Gasteiger partial charge in [-0.1, -0.05) is 158 Å². The minimum absolute atomic E-state index is 0.0122. The summed E-state index contributed by atoms with van der Waals surface area (Å²) in [5.74, 6) is 0. The molecule has 0 bridgehead atoms. The first kappa shape index (κ1) is 20.8. The van der Waals surface area contributed by atoms with Crippen LogP contribution >= 0.6 is 0 Å². The van der Waals surface area contributed by atoms with E-state index in [-0.39, 0.29) is 40.5 Å². The summed E-state index contributed by atoms with van der Waals surface area (Å²) in [6.45, 7) is 0. The predicted molar refractivity (Wildman–Crippen MR) is 200 cm³/mol. The van der Waals surface area contributed by atoms with Crippen molar-refractivity contribution in [2.75, 3.05) is 0 Å². The molecule has 0 aliphatic carbocycles. The minimum atomic E-state index is -0.437. The standard InChI is InChI=1S/C46H28O/c1-3-17-33-29(12-1)14-10-24-36(33)44-39-21-7-5-19-37(39)43(38-20-6-8-22-40(38)44)32-16-9-15-31(28-32)35-23-11-25-41-42-27-26-30-13-2-4-18-34(30)45(42)47-46(35)41/h1-28H/i2D,4D,13D,18D,26D,27D. The molecule has 0 amide bonds. The molecule has 9 aromatic carbocycles. The third kappa shape index (κ3) is 3.90. The van der Waals surface area contributed by atoms with Crippen molar-refractivity contribution >= 4 is 65.0 Å². The highest BCUT2D eigenvalue weighted by atomic mass is 16.3. The second-order valence-electron chi connectivity index (χ2n) is 11.9. The third-order valence-electron chi connectivity index (χ3n) is 9.40. The Balaban J connectivity index is 1.24. The molecule has 1 nitrogen and oxygen atoms in total. The molecule has 1 heterocycles. The smallest absolute Gasteiger partial charge is 0.143 e. The number of rotatable bonds is 3. The molecule has 0 radical (unpaired) electrons. The Morgan fingerprint density at radius 1 is 0.362 bits per heavy atom. The van der Waals surface area contributed by atoms with Crippen molar-refractivity contribution in [2.24, 2.45) is 0 Å². The first-order valence-electron chi connectivity index (χ1n) is 18.7. The van der Waals surface area contributed by atoms with Crippen LogP contribution in [0.1, 0.15) is 8.22 Å². The van der Waals surface area contributed by atoms with Gasteiger partial charge >= 0.3 is 0 Å². The lowest BCUT2D eigenvalue weighted by atomic mass is 9.84. The fraction of sp³-hybridized carbons (Fsp3) is 0. The summed E-state index contributed by atoms with van der Waals surface area (Å²) in [6, 6.07) is 44.4. The fourth-order valence-electron chi connectivity index (χ4n) is 7.36. The van der Waals surface area contributed by atoms with Crippen LogP contribution in [-0.4, -0.2) is 0 Å². The Morgan fingerprint density at radius 2 is 0.957 bits per heavy atom. The Bertz CT molecular complexity index is 3140. The zero-order valence-corrected chi connectivity index (χ0v) is 25.1. The molecule has 0 aliphatic heterocycles. The van der Waals surface area contributed by atoms with E-state index in [1.165, 1.54) is 21.9 Å². The summed E-state index contributed by atoms with van der Waals surface area (Å²) in [5.41, 5.74) is 6.89. The van der Waals surface area contributed by atoms with Crippen molar-refractivity contribution in [3.05, 3.63) is 170 Å². The van der Waals surface area contributed by atoms with Gasteiger partial charge in [-0.3, -0.25) is 0 Å². The Labute approximate surface area is 280 Å². The molecule has 0 fully saturated rings. The molecule has 0 unspecified atom stereocenters. The fourth-order valence-corrected chi connectivity index (χ4v) is 7.36. The lowest BCUT2D eigenvalue weighted by Crippen LogP contribution is -1.92. The zero-order chi connectivity index (χ0) is 36.1. The maximum atomic E-state index is 8.96. The summed E-state index contributed by atoms with van der Waals surface area (Å²) in [7, 11) is 0. The number of hydrogen-bond acceptors (Lipinski definition) is 1. The molecule has 0 aliphatic rings. The Kier molecular flexibility index (Phi) is 4.49. The van der Waals surface area contributed by atoms with Gasteiger partial charge in [-0.15, -0.1) is 0 Å². The first-order chi connectivity index (χ1) is 25.8. The largest absolute Gasteiger partial charge is 0.455 e. The molecule has 0 saturated heterocycles. The van der Waals surface area contributed by atoms with Crippen molar-refractivity contribution in [3.63, 3.8) is 0 Å². The van der Waals surface area contributed by atoms with Crippen LogP contribution in [0, 0.1) is 0 Å². The van der Waals surface area contributed by atoms with E-state index in [0.717, 1.165) is 43.8 Å². The summed E-state index contributed by atoms with van der Waals surface area (Å²) >= 11 is 0. The molecule has 10 aromatic rings. The van der Waals surface area contributed by atoms with Gasteiger partial charge in [0.05, 0.1) is 8.22 Å². The number of hydrogen-bond donors (Lipinski definition) is 0. The van der Waals surface area contributed by atoms with Gasteiger partial charge in [0.25, 0.3) is 0 Å². The van der Waals surface area contributed by atoms with E-state index in [1.54, 1.807) is 0 Å². The van der Waals surface area contributed by atoms with Crippen LogP contribution in [0.3, 0.4) is 0 Å². The number of para-hydroxylation sites is 1. The molecule has 1 aromatic heterocycles. The highest BCUT2D eigenvalue weighted by Gasteiger charge is 2.19. The van der Waals surface area contributed by atoms with E-state index in [9.17, 15) is 0 Å². The third-order valence-corrected chi connectivity index (χ3v) is 9.40. The zero-order valence-electron chi connectivity index (χ0n) is 31.1. The molecule has 0 atom stereocenters. The number of furan rings is 1. The van der Waals surface area contributed by atoms with Crippen LogP contribution in [-0.2, 0) is 0 Å². The SMILES string of the molecule is [2H]c1c([2H])c([2H])c2c(c1[2H])c([2H])c([2H])c1c3cccc(-c4cccc(-c5c6ccccc6c(-c6cccc7ccccc67)c6ccccc56)c4)c3oc21. The molecule has 10 rings (SSSR count). The van der Waals surface area contributed by atoms with Gasteiger partial charge in [-0.2, -0.15) is 0 Å². The maximum absolute atomic E-state index is 8.96. The van der Waals surface area contributed by atoms with Gasteiger partial charge < -0.3 is 4.42 Å². The van der Waals surface area contributed by atoms with Crippen molar-refractivity contribution in [3.8, 4) is 33.4 Å². The van der Waals surface area contributed by atoms with E-state index in [2.05, 4.69) is 103 Å². The van der Waals surface area contributed by atoms with Gasteiger partial charge in [0.15, 0.2) is 0 Å². The van der Waals surface area contributed by atoms with Crippen molar-refractivity contribution in [2.45, 2.75) is 0 Å². The summed E-state index contributed by atoms with van der Waals surface area (Å²) in [4.78, 5) is 0. The van der Waals surface area contributed by atoms with Crippen LogP contribution < -0.4 is 0 Å². The van der Waals surface area contributed by atoms with Gasteiger partial charge in [-0.25, -0.2) is 0 Å². The molecular weight excluding hydrogens is 569 g/mol. The maximum Gasteiger partial charge on any atom is 0.143 e. The van der Waals surface area contributed by atoms with Crippen molar-refractivity contribution < 1.29 is 12.6 Å². The average Bonchev–Trinajstić information content (AvgIpc) is 3.59. The van der Waals surface area contributed by atoms with Crippen LogP contribution in [0.2, 0.25) is 0 Å². The summed E-state index contributed by atoms with van der Waals surface area (Å²) < 4.78 is 58.1. The van der Waals surface area contributed by atoms with E-state index >= 15 is 0 Å². The highest BCUT2D eigenvalue weighted by Crippen LogP contribution is 2.46. The van der Waals surface area contributed by atoms with Gasteiger partial charge in [-0.05, 0) is 77.6 Å². The lowest BCUT2D eigenvalue weighted by molar-refractivity contribution is 0.674. The van der Waals surface area contributed by atoms with Crippen molar-refractivity contribution in [1.82, 2.24) is 0 Å². The van der Waals surface area contributed by atoms with Crippen molar-refractivity contribution in [1.29, 1.82) is 0 Å². The van der Waals surface area contributed by atoms with Gasteiger partial charge in [0.2, 0.25) is 0 Å². The molecule has 0 spiro atoms. The summed E-state index contributed by atoms with van der Waals surface area (Å²) in [6.07, 6.45) is 0. The van der Waals surface area contributed by atoms with E-state index in [0.29, 0.717) is 16.4 Å². The quantitative estimate of drug-likeness (QED) is 0.183. The Hall–Kier alpha value is -6.18. The molecule has 0 N–H and O–H groups in total. The van der Waals surface area contributed by atoms with Crippen LogP contribution in [0.15, 0.2) is 174 Å². The van der Waals surface area contributed by atoms with Gasteiger partial charge in [0, 0.05) is 21.7 Å². The van der Waals surface area contributed by atoms with Crippen LogP contribution in [0.5, 0.6) is 0 Å². The lowest BCUT2D eigenvalue weighted by Gasteiger charge is -2.19. The Morgan fingerprint density at radius 3 is 1.77 bits per heavy atom. The van der Waals surface area contributed by atoms with Crippen LogP contribution in [0.25, 0.3) is 98.4 Å². The predicted octanol–water partition coefficient (Wildman–Crippen LogP) is 13.2. The summed E-state index contributed by atoms with van der Waals surface area (Å²) in [5, 5.41) is 8.07.